The van der Waals surface area contributed by atoms with Crippen LogP contribution >= 0.6 is 24.0 Å². The van der Waals surface area contributed by atoms with E-state index >= 15 is 0 Å². The summed E-state index contributed by atoms with van der Waals surface area (Å²) in [6, 6.07) is 7.42. The number of carbonyl (C=O) groups is 1. The monoisotopic (exact) mass is 370 g/mol. The van der Waals surface area contributed by atoms with Gasteiger partial charge in [-0.1, -0.05) is 37.6 Å². The van der Waals surface area contributed by atoms with E-state index in [1.807, 2.05) is 39.0 Å². The fourth-order valence-electron chi connectivity index (χ4n) is 2.47. The van der Waals surface area contributed by atoms with E-state index in [0.29, 0.717) is 23.7 Å². The first-order valence-electron chi connectivity index (χ1n) is 7.52. The zero-order chi connectivity index (χ0) is 17.2. The van der Waals surface area contributed by atoms with Crippen LogP contribution in [0.3, 0.4) is 0 Å². The van der Waals surface area contributed by atoms with Crippen molar-refractivity contribution in [3.63, 3.8) is 0 Å². The number of carbonyl (C=O) groups excluding carboxylic acids is 1. The molecule has 1 amide bonds. The number of amides is 1. The molecule has 0 atom stereocenters. The number of hydrogen-bond donors (Lipinski definition) is 1. The van der Waals surface area contributed by atoms with Crippen molar-refractivity contribution in [2.24, 2.45) is 11.1 Å². The van der Waals surface area contributed by atoms with E-state index in [-0.39, 0.29) is 23.7 Å². The number of hydrogen-bond acceptors (Lipinski definition) is 3. The number of halogens is 2. The van der Waals surface area contributed by atoms with E-state index in [9.17, 15) is 4.79 Å². The average Bonchev–Trinajstić information content (AvgIpc) is 2.88. The highest BCUT2D eigenvalue weighted by molar-refractivity contribution is 6.32. The summed E-state index contributed by atoms with van der Waals surface area (Å²) >= 11 is 6.22. The zero-order valence-electron chi connectivity index (χ0n) is 14.4. The molecule has 0 unspecified atom stereocenters. The third kappa shape index (κ3) is 4.29. The fourth-order valence-corrected chi connectivity index (χ4v) is 2.69. The van der Waals surface area contributed by atoms with Gasteiger partial charge in [0, 0.05) is 13.6 Å². The maximum atomic E-state index is 12.7. The molecule has 7 heteroatoms. The van der Waals surface area contributed by atoms with Crippen LogP contribution in [0.15, 0.2) is 30.5 Å². The van der Waals surface area contributed by atoms with Gasteiger partial charge in [0.2, 0.25) is 0 Å². The van der Waals surface area contributed by atoms with Crippen molar-refractivity contribution < 1.29 is 4.79 Å². The summed E-state index contributed by atoms with van der Waals surface area (Å²) in [6.07, 6.45) is 1.59. The molecule has 0 aliphatic heterocycles. The molecule has 24 heavy (non-hydrogen) atoms. The zero-order valence-corrected chi connectivity index (χ0v) is 16.0. The van der Waals surface area contributed by atoms with Crippen LogP contribution in [0.5, 0.6) is 0 Å². The van der Waals surface area contributed by atoms with E-state index in [2.05, 4.69) is 5.10 Å². The number of benzene rings is 1. The van der Waals surface area contributed by atoms with Crippen LogP contribution in [0.1, 0.15) is 29.9 Å². The van der Waals surface area contributed by atoms with Gasteiger partial charge in [-0.05, 0) is 31.0 Å². The first kappa shape index (κ1) is 20.5. The van der Waals surface area contributed by atoms with Crippen LogP contribution in [0, 0.1) is 12.3 Å². The minimum Gasteiger partial charge on any atom is -0.341 e. The van der Waals surface area contributed by atoms with Crippen molar-refractivity contribution in [3.05, 3.63) is 46.7 Å². The Labute approximate surface area is 154 Å². The first-order chi connectivity index (χ1) is 10.8. The number of nitrogens with two attached hydrogens (primary N) is 1. The number of nitrogens with zero attached hydrogens (tertiary/aromatic N) is 3. The molecule has 0 bridgehead atoms. The third-order valence-corrected chi connectivity index (χ3v) is 4.20. The lowest BCUT2D eigenvalue weighted by atomic mass is 9.93. The van der Waals surface area contributed by atoms with Gasteiger partial charge in [0.15, 0.2) is 0 Å². The Hall–Kier alpha value is -1.56. The number of rotatable bonds is 5. The van der Waals surface area contributed by atoms with Gasteiger partial charge in [-0.15, -0.1) is 12.4 Å². The van der Waals surface area contributed by atoms with Crippen molar-refractivity contribution in [3.8, 4) is 5.69 Å². The molecular formula is C17H24Cl2N4O. The van der Waals surface area contributed by atoms with Gasteiger partial charge in [-0.25, -0.2) is 4.68 Å². The van der Waals surface area contributed by atoms with Crippen LogP contribution in [-0.2, 0) is 0 Å². The van der Waals surface area contributed by atoms with Crippen molar-refractivity contribution in [1.29, 1.82) is 0 Å². The number of para-hydroxylation sites is 1. The molecule has 0 fully saturated rings. The molecule has 1 aromatic carbocycles. The molecule has 132 valence electrons. The Morgan fingerprint density at radius 1 is 1.38 bits per heavy atom. The lowest BCUT2D eigenvalue weighted by Crippen LogP contribution is -2.39. The molecule has 2 aromatic rings. The lowest BCUT2D eigenvalue weighted by Gasteiger charge is -2.29. The first-order valence-corrected chi connectivity index (χ1v) is 7.89. The van der Waals surface area contributed by atoms with Crippen molar-refractivity contribution in [1.82, 2.24) is 14.7 Å². The highest BCUT2D eigenvalue weighted by Gasteiger charge is 2.24. The Morgan fingerprint density at radius 3 is 2.58 bits per heavy atom. The van der Waals surface area contributed by atoms with Gasteiger partial charge in [0.1, 0.15) is 0 Å². The number of aromatic nitrogens is 2. The molecule has 1 aromatic heterocycles. The summed E-state index contributed by atoms with van der Waals surface area (Å²) in [5.74, 6) is -0.0673. The average molecular weight is 371 g/mol. The quantitative estimate of drug-likeness (QED) is 0.877. The standard InChI is InChI=1S/C17H23ClN4O.ClH/c1-12-13(16(23)21(4)11-17(2,3)10-19)9-20-22(12)15-8-6-5-7-14(15)18;/h5-9H,10-11,19H2,1-4H3;1H. The van der Waals surface area contributed by atoms with Crippen LogP contribution < -0.4 is 5.73 Å². The molecule has 0 aliphatic carbocycles. The Bertz CT molecular complexity index is 712. The molecule has 2 N–H and O–H groups in total. The van der Waals surface area contributed by atoms with E-state index in [1.54, 1.807) is 28.9 Å². The molecule has 0 saturated carbocycles. The third-order valence-electron chi connectivity index (χ3n) is 3.89. The lowest BCUT2D eigenvalue weighted by molar-refractivity contribution is 0.0740. The summed E-state index contributed by atoms with van der Waals surface area (Å²) in [4.78, 5) is 14.4. The predicted octanol–water partition coefficient (Wildman–Crippen LogP) is 3.31. The topological polar surface area (TPSA) is 64.2 Å². The molecule has 5 nitrogen and oxygen atoms in total. The van der Waals surface area contributed by atoms with Gasteiger partial charge in [0.25, 0.3) is 5.91 Å². The van der Waals surface area contributed by atoms with Crippen LogP contribution in [0.25, 0.3) is 5.69 Å². The maximum Gasteiger partial charge on any atom is 0.257 e. The Kier molecular flexibility index (Phi) is 6.84. The summed E-state index contributed by atoms with van der Waals surface area (Å²) in [6.45, 7) is 7.04. The summed E-state index contributed by atoms with van der Waals surface area (Å²) in [7, 11) is 1.78. The fraction of sp³-hybridized carbons (Fsp3) is 0.412. The Morgan fingerprint density at radius 2 is 2.00 bits per heavy atom. The second-order valence-corrected chi connectivity index (χ2v) is 6.94. The van der Waals surface area contributed by atoms with E-state index in [4.69, 9.17) is 17.3 Å². The molecule has 0 saturated heterocycles. The molecule has 0 aliphatic rings. The minimum atomic E-state index is -0.128. The SMILES string of the molecule is Cc1c(C(=O)N(C)CC(C)(C)CN)cnn1-c1ccccc1Cl.Cl. The van der Waals surface area contributed by atoms with Gasteiger partial charge in [0.05, 0.1) is 28.2 Å². The van der Waals surface area contributed by atoms with E-state index in [1.165, 1.54) is 0 Å². The minimum absolute atomic E-state index is 0. The summed E-state index contributed by atoms with van der Waals surface area (Å²) < 4.78 is 1.69. The summed E-state index contributed by atoms with van der Waals surface area (Å²) in [5.41, 5.74) is 7.72. The smallest absolute Gasteiger partial charge is 0.257 e. The molecule has 2 rings (SSSR count). The van der Waals surface area contributed by atoms with Crippen molar-refractivity contribution in [2.45, 2.75) is 20.8 Å². The second-order valence-electron chi connectivity index (χ2n) is 6.54. The van der Waals surface area contributed by atoms with Gasteiger partial charge >= 0.3 is 0 Å². The van der Waals surface area contributed by atoms with Gasteiger partial charge in [-0.2, -0.15) is 5.10 Å². The van der Waals surface area contributed by atoms with Crippen LogP contribution in [-0.4, -0.2) is 40.7 Å². The molecule has 1 heterocycles. The normalized spacial score (nSPS) is 11.1. The highest BCUT2D eigenvalue weighted by atomic mass is 35.5. The summed E-state index contributed by atoms with van der Waals surface area (Å²) in [5, 5.41) is 4.92. The maximum absolute atomic E-state index is 12.7. The van der Waals surface area contributed by atoms with Crippen molar-refractivity contribution >= 4 is 29.9 Å². The van der Waals surface area contributed by atoms with E-state index < -0.39 is 0 Å². The highest BCUT2D eigenvalue weighted by Crippen LogP contribution is 2.23. The Balaban J connectivity index is 0.00000288. The predicted molar refractivity (Wildman–Crippen MR) is 100 cm³/mol. The molecule has 0 radical (unpaired) electrons. The van der Waals surface area contributed by atoms with E-state index in [0.717, 1.165) is 11.4 Å². The van der Waals surface area contributed by atoms with Crippen molar-refractivity contribution in [2.75, 3.05) is 20.1 Å². The largest absolute Gasteiger partial charge is 0.341 e. The van der Waals surface area contributed by atoms with Crippen LogP contribution in [0.2, 0.25) is 5.02 Å². The van der Waals surface area contributed by atoms with Crippen LogP contribution in [0.4, 0.5) is 0 Å². The molecular weight excluding hydrogens is 347 g/mol. The second kappa shape index (κ2) is 8.01. The van der Waals surface area contributed by atoms with Gasteiger partial charge in [-0.3, -0.25) is 4.79 Å². The van der Waals surface area contributed by atoms with Gasteiger partial charge < -0.3 is 10.6 Å². The molecule has 0 spiro atoms.